The summed E-state index contributed by atoms with van der Waals surface area (Å²) in [5, 5.41) is 19.1. The van der Waals surface area contributed by atoms with E-state index in [0.29, 0.717) is 25.9 Å². The van der Waals surface area contributed by atoms with E-state index in [-0.39, 0.29) is 0 Å². The summed E-state index contributed by atoms with van der Waals surface area (Å²) in [6.45, 7) is 0.846. The van der Waals surface area contributed by atoms with E-state index in [2.05, 4.69) is 15.6 Å². The van der Waals surface area contributed by atoms with Gasteiger partial charge in [-0.05, 0) is 12.8 Å². The number of hydrogen-bond acceptors (Lipinski definition) is 4. The van der Waals surface area contributed by atoms with Crippen molar-refractivity contribution in [2.75, 3.05) is 6.54 Å². The number of hydrogen-bond donors (Lipinski definition) is 2. The zero-order chi connectivity index (χ0) is 12.3. The average Bonchev–Trinajstić information content (AvgIpc) is 2.67. The zero-order valence-electron chi connectivity index (χ0n) is 9.30. The van der Waals surface area contributed by atoms with Gasteiger partial charge in [0.15, 0.2) is 0 Å². The van der Waals surface area contributed by atoms with Crippen LogP contribution in [0.3, 0.4) is 0 Å². The van der Waals surface area contributed by atoms with Crippen molar-refractivity contribution in [3.63, 3.8) is 0 Å². The summed E-state index contributed by atoms with van der Waals surface area (Å²) in [7, 11) is 0. The van der Waals surface area contributed by atoms with Gasteiger partial charge >= 0.3 is 5.97 Å². The highest BCUT2D eigenvalue weighted by Gasteiger charge is 2.50. The summed E-state index contributed by atoms with van der Waals surface area (Å²) in [5.41, 5.74) is -1.19. The predicted molar refractivity (Wildman–Crippen MR) is 57.0 cm³/mol. The molecule has 1 amide bonds. The molecule has 1 aromatic heterocycles. The van der Waals surface area contributed by atoms with Gasteiger partial charge in [-0.1, -0.05) is 11.6 Å². The highest BCUT2D eigenvalue weighted by Crippen LogP contribution is 2.41. The molecule has 1 fully saturated rings. The number of carbonyl (C=O) groups excluding carboxylic acids is 1. The van der Waals surface area contributed by atoms with Gasteiger partial charge in [0.05, 0.1) is 12.7 Å². The van der Waals surface area contributed by atoms with Crippen molar-refractivity contribution >= 4 is 11.9 Å². The molecular formula is C10H14N4O3. The first kappa shape index (κ1) is 11.6. The fourth-order valence-corrected chi connectivity index (χ4v) is 1.87. The molecule has 2 N–H and O–H groups in total. The van der Waals surface area contributed by atoms with Crippen LogP contribution >= 0.6 is 0 Å². The van der Waals surface area contributed by atoms with Crippen LogP contribution in [0.25, 0.3) is 0 Å². The van der Waals surface area contributed by atoms with Crippen LogP contribution in [0.4, 0.5) is 0 Å². The van der Waals surface area contributed by atoms with E-state index in [4.69, 9.17) is 5.11 Å². The molecule has 1 aliphatic rings. The second kappa shape index (κ2) is 4.52. The Bertz CT molecular complexity index is 411. The Kier molecular flexibility index (Phi) is 3.08. The molecular weight excluding hydrogens is 224 g/mol. The second-order valence-electron chi connectivity index (χ2n) is 4.16. The number of carbonyl (C=O) groups is 2. The van der Waals surface area contributed by atoms with Crippen molar-refractivity contribution in [1.29, 1.82) is 0 Å². The maximum atomic E-state index is 11.8. The number of aliphatic carboxylic acids is 1. The largest absolute Gasteiger partial charge is 0.480 e. The molecule has 0 saturated heterocycles. The van der Waals surface area contributed by atoms with Gasteiger partial charge in [0.25, 0.3) is 0 Å². The fraction of sp³-hybridized carbons (Fsp3) is 0.600. The Balaban J connectivity index is 1.83. The summed E-state index contributed by atoms with van der Waals surface area (Å²) in [6.07, 6.45) is 4.88. The number of nitrogens with one attached hydrogen (secondary N) is 1. The molecule has 0 aromatic carbocycles. The fourth-order valence-electron chi connectivity index (χ4n) is 1.87. The summed E-state index contributed by atoms with van der Waals surface area (Å²) in [6, 6.07) is 0. The Morgan fingerprint density at radius 1 is 1.47 bits per heavy atom. The van der Waals surface area contributed by atoms with E-state index in [0.717, 1.165) is 6.42 Å². The smallest absolute Gasteiger partial charge is 0.319 e. The molecule has 0 bridgehead atoms. The van der Waals surface area contributed by atoms with Crippen LogP contribution < -0.4 is 5.32 Å². The maximum Gasteiger partial charge on any atom is 0.319 e. The highest BCUT2D eigenvalue weighted by molar-refractivity contribution is 6.02. The number of nitrogens with zero attached hydrogens (tertiary/aromatic N) is 3. The van der Waals surface area contributed by atoms with Crippen LogP contribution in [-0.2, 0) is 16.1 Å². The predicted octanol–water partition coefficient (Wildman–Crippen LogP) is -0.351. The lowest BCUT2D eigenvalue weighted by molar-refractivity contribution is -0.162. The van der Waals surface area contributed by atoms with Crippen molar-refractivity contribution in [2.24, 2.45) is 5.41 Å². The minimum atomic E-state index is -1.19. The summed E-state index contributed by atoms with van der Waals surface area (Å²) < 4.78 is 1.58. The Hall–Kier alpha value is -1.92. The molecule has 2 rings (SSSR count). The first-order valence-corrected chi connectivity index (χ1v) is 5.51. The third-order valence-corrected chi connectivity index (χ3v) is 3.15. The summed E-state index contributed by atoms with van der Waals surface area (Å²) in [4.78, 5) is 22.8. The highest BCUT2D eigenvalue weighted by atomic mass is 16.4. The van der Waals surface area contributed by atoms with E-state index in [9.17, 15) is 9.59 Å². The van der Waals surface area contributed by atoms with Gasteiger partial charge in [0.2, 0.25) is 5.91 Å². The standard InChI is InChI=1S/C10H14N4O3/c15-8(10(9(16)17)2-1-3-10)11-4-6-14-7-5-12-13-14/h5,7H,1-4,6H2,(H,11,15)(H,16,17). The molecule has 92 valence electrons. The third kappa shape index (κ3) is 2.13. The maximum absolute atomic E-state index is 11.8. The molecule has 0 aliphatic heterocycles. The van der Waals surface area contributed by atoms with E-state index >= 15 is 0 Å². The summed E-state index contributed by atoms with van der Waals surface area (Å²) >= 11 is 0. The van der Waals surface area contributed by atoms with Crippen LogP contribution in [0.1, 0.15) is 19.3 Å². The van der Waals surface area contributed by atoms with Gasteiger partial charge in [0, 0.05) is 12.7 Å². The summed E-state index contributed by atoms with van der Waals surface area (Å²) in [5.74, 6) is -1.42. The van der Waals surface area contributed by atoms with E-state index in [1.807, 2.05) is 0 Å². The van der Waals surface area contributed by atoms with E-state index in [1.165, 1.54) is 0 Å². The Morgan fingerprint density at radius 3 is 2.71 bits per heavy atom. The molecule has 7 nitrogen and oxygen atoms in total. The SMILES string of the molecule is O=C(O)C1(C(=O)NCCn2ccnn2)CCC1. The van der Waals surface area contributed by atoms with E-state index in [1.54, 1.807) is 17.1 Å². The molecule has 1 aliphatic carbocycles. The average molecular weight is 238 g/mol. The van der Waals surface area contributed by atoms with Crippen molar-refractivity contribution in [1.82, 2.24) is 20.3 Å². The van der Waals surface area contributed by atoms with E-state index < -0.39 is 17.3 Å². The van der Waals surface area contributed by atoms with Crippen molar-refractivity contribution in [2.45, 2.75) is 25.8 Å². The number of rotatable bonds is 5. The lowest BCUT2D eigenvalue weighted by Crippen LogP contribution is -2.51. The molecule has 17 heavy (non-hydrogen) atoms. The molecule has 1 heterocycles. The van der Waals surface area contributed by atoms with Crippen LogP contribution in [0.2, 0.25) is 0 Å². The minimum absolute atomic E-state index is 0.358. The molecule has 0 spiro atoms. The number of carboxylic acids is 1. The zero-order valence-corrected chi connectivity index (χ0v) is 9.30. The topological polar surface area (TPSA) is 97.1 Å². The number of aromatic nitrogens is 3. The lowest BCUT2D eigenvalue weighted by atomic mass is 9.68. The van der Waals surface area contributed by atoms with Crippen molar-refractivity contribution in [3.05, 3.63) is 12.4 Å². The van der Waals surface area contributed by atoms with Gasteiger partial charge in [-0.25, -0.2) is 0 Å². The monoisotopic (exact) mass is 238 g/mol. The normalized spacial score (nSPS) is 17.2. The Morgan fingerprint density at radius 2 is 2.24 bits per heavy atom. The lowest BCUT2D eigenvalue weighted by Gasteiger charge is -2.35. The molecule has 7 heteroatoms. The first-order chi connectivity index (χ1) is 8.15. The van der Waals surface area contributed by atoms with Gasteiger partial charge in [-0.3, -0.25) is 14.3 Å². The third-order valence-electron chi connectivity index (χ3n) is 3.15. The van der Waals surface area contributed by atoms with Gasteiger partial charge in [-0.2, -0.15) is 0 Å². The molecule has 1 saturated carbocycles. The molecule has 0 atom stereocenters. The van der Waals surface area contributed by atoms with Crippen molar-refractivity contribution in [3.8, 4) is 0 Å². The van der Waals surface area contributed by atoms with Gasteiger partial charge < -0.3 is 10.4 Å². The first-order valence-electron chi connectivity index (χ1n) is 5.51. The Labute approximate surface area is 97.8 Å². The molecule has 1 aromatic rings. The van der Waals surface area contributed by atoms with Gasteiger partial charge in [0.1, 0.15) is 5.41 Å². The van der Waals surface area contributed by atoms with Crippen molar-refractivity contribution < 1.29 is 14.7 Å². The van der Waals surface area contributed by atoms with Crippen LogP contribution in [-0.4, -0.2) is 38.5 Å². The number of carboxylic acid groups (broad SMARTS) is 1. The van der Waals surface area contributed by atoms with Crippen LogP contribution in [0.5, 0.6) is 0 Å². The number of amides is 1. The molecule has 0 radical (unpaired) electrons. The second-order valence-corrected chi connectivity index (χ2v) is 4.16. The van der Waals surface area contributed by atoms with Gasteiger partial charge in [-0.15, -0.1) is 5.10 Å². The quantitative estimate of drug-likeness (QED) is 0.683. The van der Waals surface area contributed by atoms with Crippen LogP contribution in [0, 0.1) is 5.41 Å². The molecule has 0 unspecified atom stereocenters. The minimum Gasteiger partial charge on any atom is -0.480 e. The van der Waals surface area contributed by atoms with Crippen LogP contribution in [0.15, 0.2) is 12.4 Å².